The Morgan fingerprint density at radius 2 is 1.74 bits per heavy atom. The van der Waals surface area contributed by atoms with E-state index in [4.69, 9.17) is 0 Å². The van der Waals surface area contributed by atoms with E-state index in [0.717, 1.165) is 18.4 Å². The van der Waals surface area contributed by atoms with Crippen molar-refractivity contribution in [3.05, 3.63) is 53.6 Å². The first kappa shape index (κ1) is 22.7. The van der Waals surface area contributed by atoms with Crippen LogP contribution in [0.4, 0.5) is 18.9 Å². The third-order valence-corrected chi connectivity index (χ3v) is 6.27. The van der Waals surface area contributed by atoms with Crippen molar-refractivity contribution < 1.29 is 21.6 Å². The van der Waals surface area contributed by atoms with Crippen LogP contribution in [0.2, 0.25) is 0 Å². The minimum atomic E-state index is -4.49. The molecule has 9 heteroatoms. The predicted octanol–water partition coefficient (Wildman–Crippen LogP) is 5.39. The van der Waals surface area contributed by atoms with Gasteiger partial charge in [-0.2, -0.15) is 18.4 Å². The molecule has 0 aliphatic heterocycles. The van der Waals surface area contributed by atoms with Crippen molar-refractivity contribution in [2.45, 2.75) is 33.0 Å². The van der Waals surface area contributed by atoms with Crippen LogP contribution in [0.3, 0.4) is 0 Å². The van der Waals surface area contributed by atoms with E-state index >= 15 is 0 Å². The summed E-state index contributed by atoms with van der Waals surface area (Å²) in [6, 6.07) is 12.2. The third-order valence-electron chi connectivity index (χ3n) is 5.08. The fourth-order valence-electron chi connectivity index (χ4n) is 3.74. The summed E-state index contributed by atoms with van der Waals surface area (Å²) in [6.07, 6.45) is -2.71. The number of nitriles is 1. The number of halogens is 3. The van der Waals surface area contributed by atoms with Crippen LogP contribution in [0, 0.1) is 11.3 Å². The fourth-order valence-corrected chi connectivity index (χ4v) is 4.76. The molecule has 0 saturated carbocycles. The molecule has 0 saturated heterocycles. The van der Waals surface area contributed by atoms with Crippen molar-refractivity contribution in [1.82, 2.24) is 4.57 Å². The molecule has 164 valence electrons. The average molecular weight is 449 g/mol. The number of fused-ring (bicyclic) bond motifs is 1. The zero-order valence-corrected chi connectivity index (χ0v) is 18.2. The first-order chi connectivity index (χ1) is 14.5. The van der Waals surface area contributed by atoms with Gasteiger partial charge in [0.2, 0.25) is 10.0 Å². The van der Waals surface area contributed by atoms with Gasteiger partial charge >= 0.3 is 6.18 Å². The molecule has 31 heavy (non-hydrogen) atoms. The molecular formula is C22H22F3N3O2S. The van der Waals surface area contributed by atoms with Crippen LogP contribution < -0.4 is 4.31 Å². The van der Waals surface area contributed by atoms with Crippen molar-refractivity contribution >= 4 is 26.6 Å². The van der Waals surface area contributed by atoms with Gasteiger partial charge < -0.3 is 4.57 Å². The van der Waals surface area contributed by atoms with Gasteiger partial charge in [-0.05, 0) is 43.2 Å². The highest BCUT2D eigenvalue weighted by molar-refractivity contribution is 7.92. The van der Waals surface area contributed by atoms with Crippen LogP contribution in [0.1, 0.15) is 31.4 Å². The van der Waals surface area contributed by atoms with Crippen LogP contribution in [-0.2, 0) is 22.7 Å². The summed E-state index contributed by atoms with van der Waals surface area (Å²) in [5, 5.41) is 10.2. The molecule has 5 nitrogen and oxygen atoms in total. The van der Waals surface area contributed by atoms with Gasteiger partial charge in [0.25, 0.3) is 0 Å². The highest BCUT2D eigenvalue weighted by Crippen LogP contribution is 2.38. The molecule has 0 radical (unpaired) electrons. The summed E-state index contributed by atoms with van der Waals surface area (Å²) >= 11 is 0. The van der Waals surface area contributed by atoms with E-state index in [9.17, 15) is 26.9 Å². The minimum absolute atomic E-state index is 0.284. The second-order valence-corrected chi connectivity index (χ2v) is 9.10. The first-order valence-electron chi connectivity index (χ1n) is 9.74. The molecule has 0 aliphatic rings. The predicted molar refractivity (Wildman–Crippen MR) is 115 cm³/mol. The van der Waals surface area contributed by atoms with Gasteiger partial charge in [0.15, 0.2) is 0 Å². The molecule has 3 aromatic rings. The second kappa shape index (κ2) is 8.27. The Balaban J connectivity index is 2.19. The number of aromatic nitrogens is 1. The Morgan fingerprint density at radius 3 is 2.23 bits per heavy atom. The van der Waals surface area contributed by atoms with E-state index in [1.807, 2.05) is 6.92 Å². The van der Waals surface area contributed by atoms with Crippen molar-refractivity contribution in [2.24, 2.45) is 0 Å². The molecule has 0 spiro atoms. The molecule has 0 bridgehead atoms. The van der Waals surface area contributed by atoms with E-state index in [1.54, 1.807) is 35.8 Å². The molecule has 0 atom stereocenters. The van der Waals surface area contributed by atoms with E-state index in [1.165, 1.54) is 10.4 Å². The summed E-state index contributed by atoms with van der Waals surface area (Å²) in [7, 11) is -3.45. The number of aryl methyl sites for hydroxylation is 1. The number of hydrogen-bond donors (Lipinski definition) is 0. The Labute approximate surface area is 179 Å². The number of hydrogen-bond acceptors (Lipinski definition) is 3. The molecule has 0 amide bonds. The smallest absolute Gasteiger partial charge is 0.340 e. The van der Waals surface area contributed by atoms with Gasteiger partial charge in [0, 0.05) is 18.5 Å². The zero-order chi connectivity index (χ0) is 23.0. The molecule has 0 aliphatic carbocycles. The van der Waals surface area contributed by atoms with Crippen molar-refractivity contribution in [1.29, 1.82) is 5.26 Å². The van der Waals surface area contributed by atoms with Gasteiger partial charge in [-0.3, -0.25) is 4.31 Å². The summed E-state index contributed by atoms with van der Waals surface area (Å²) in [5.41, 5.74) is 1.46. The molecule has 0 fully saturated rings. The SMILES string of the molecule is CCCN(c1ccc(-c2c(C#N)c3ccc(C(F)(F)F)cc3n2CC)cc1)S(C)(=O)=O. The molecule has 0 N–H and O–H groups in total. The molecular weight excluding hydrogens is 427 g/mol. The molecule has 1 heterocycles. The van der Waals surface area contributed by atoms with Crippen LogP contribution in [0.5, 0.6) is 0 Å². The molecule has 3 rings (SSSR count). The molecule has 0 unspecified atom stereocenters. The van der Waals surface area contributed by atoms with Crippen LogP contribution in [0.15, 0.2) is 42.5 Å². The third kappa shape index (κ3) is 4.26. The lowest BCUT2D eigenvalue weighted by Gasteiger charge is -2.22. The maximum Gasteiger partial charge on any atom is 0.416 e. The average Bonchev–Trinajstić information content (AvgIpc) is 3.03. The van der Waals surface area contributed by atoms with Crippen molar-refractivity contribution in [3.63, 3.8) is 0 Å². The number of benzene rings is 2. The van der Waals surface area contributed by atoms with Crippen LogP contribution in [0.25, 0.3) is 22.2 Å². The summed E-state index contributed by atoms with van der Waals surface area (Å²) < 4.78 is 66.8. The topological polar surface area (TPSA) is 66.1 Å². The molecule has 2 aromatic carbocycles. The normalized spacial score (nSPS) is 12.2. The Hall–Kier alpha value is -2.99. The van der Waals surface area contributed by atoms with Crippen LogP contribution in [-0.4, -0.2) is 25.8 Å². The number of rotatable bonds is 6. The Bertz CT molecular complexity index is 1250. The minimum Gasteiger partial charge on any atom is -0.340 e. The van der Waals surface area contributed by atoms with Gasteiger partial charge in [0.05, 0.1) is 34.3 Å². The second-order valence-electron chi connectivity index (χ2n) is 7.19. The van der Waals surface area contributed by atoms with E-state index in [2.05, 4.69) is 6.07 Å². The number of alkyl halides is 3. The lowest BCUT2D eigenvalue weighted by molar-refractivity contribution is -0.137. The van der Waals surface area contributed by atoms with Gasteiger partial charge in [-0.25, -0.2) is 8.42 Å². The lowest BCUT2D eigenvalue weighted by atomic mass is 10.0. The van der Waals surface area contributed by atoms with Gasteiger partial charge in [-0.1, -0.05) is 25.1 Å². The number of nitrogens with zero attached hydrogens (tertiary/aromatic N) is 3. The molecule has 1 aromatic heterocycles. The summed E-state index contributed by atoms with van der Waals surface area (Å²) in [4.78, 5) is 0. The van der Waals surface area contributed by atoms with Gasteiger partial charge in [0.1, 0.15) is 6.07 Å². The summed E-state index contributed by atoms with van der Waals surface area (Å²) in [5.74, 6) is 0. The van der Waals surface area contributed by atoms with E-state index < -0.39 is 21.8 Å². The standard InChI is InChI=1S/C22H22F3N3O2S/c1-4-12-28(31(3,29)30)17-9-6-15(7-10-17)21-19(14-26)18-11-8-16(22(23,24)25)13-20(18)27(21)5-2/h6-11,13H,4-5,12H2,1-3H3. The Kier molecular flexibility index (Phi) is 6.05. The number of sulfonamides is 1. The monoisotopic (exact) mass is 449 g/mol. The van der Waals surface area contributed by atoms with Crippen molar-refractivity contribution in [2.75, 3.05) is 17.1 Å². The number of anilines is 1. The lowest BCUT2D eigenvalue weighted by Crippen LogP contribution is -2.30. The zero-order valence-electron chi connectivity index (χ0n) is 17.4. The summed E-state index contributed by atoms with van der Waals surface area (Å²) in [6.45, 7) is 4.37. The maximum atomic E-state index is 13.2. The maximum absolute atomic E-state index is 13.2. The first-order valence-corrected chi connectivity index (χ1v) is 11.6. The highest BCUT2D eigenvalue weighted by atomic mass is 32.2. The Morgan fingerprint density at radius 1 is 1.10 bits per heavy atom. The highest BCUT2D eigenvalue weighted by Gasteiger charge is 2.31. The fraction of sp³-hybridized carbons (Fsp3) is 0.318. The van der Waals surface area contributed by atoms with E-state index in [0.29, 0.717) is 47.4 Å². The van der Waals surface area contributed by atoms with Gasteiger partial charge in [-0.15, -0.1) is 0 Å². The largest absolute Gasteiger partial charge is 0.416 e. The van der Waals surface area contributed by atoms with Crippen molar-refractivity contribution in [3.8, 4) is 17.3 Å². The quantitative estimate of drug-likeness (QED) is 0.506. The van der Waals surface area contributed by atoms with E-state index in [-0.39, 0.29) is 5.56 Å². The van der Waals surface area contributed by atoms with Crippen LogP contribution >= 0.6 is 0 Å².